The number of carbonyl (C=O) groups excluding carboxylic acids is 1. The minimum absolute atomic E-state index is 0.0302. The average Bonchev–Trinajstić information content (AvgIpc) is 3.00. The number of amides is 1. The Kier molecular flexibility index (Phi) is 6.42. The van der Waals surface area contributed by atoms with Crippen LogP contribution in [0.5, 0.6) is 0 Å². The molecule has 0 atom stereocenters. The lowest BCUT2D eigenvalue weighted by Gasteiger charge is -2.16. The van der Waals surface area contributed by atoms with Crippen molar-refractivity contribution in [1.82, 2.24) is 14.8 Å². The van der Waals surface area contributed by atoms with Crippen molar-refractivity contribution in [3.05, 3.63) is 36.7 Å². The van der Waals surface area contributed by atoms with Crippen LogP contribution >= 0.6 is 11.8 Å². The zero-order valence-corrected chi connectivity index (χ0v) is 13.6. The van der Waals surface area contributed by atoms with Crippen LogP contribution in [0, 0.1) is 0 Å². The molecule has 2 aromatic rings. The molecule has 1 aromatic carbocycles. The van der Waals surface area contributed by atoms with Gasteiger partial charge in [-0.3, -0.25) is 4.79 Å². The minimum atomic E-state index is 0.0302. The Balaban J connectivity index is 1.87. The van der Waals surface area contributed by atoms with E-state index in [0.29, 0.717) is 12.4 Å². The van der Waals surface area contributed by atoms with E-state index in [9.17, 15) is 4.79 Å². The highest BCUT2D eigenvalue weighted by atomic mass is 32.2. The lowest BCUT2D eigenvalue weighted by Crippen LogP contribution is -2.27. The van der Waals surface area contributed by atoms with Crippen LogP contribution in [0.4, 0.5) is 5.69 Å². The molecule has 0 bridgehead atoms. The Hall–Kier alpha value is -1.86. The first-order valence-electron chi connectivity index (χ1n) is 7.03. The van der Waals surface area contributed by atoms with Crippen molar-refractivity contribution in [1.29, 1.82) is 0 Å². The number of thioether (sulfide) groups is 1. The number of anilines is 1. The topological polar surface area (TPSA) is 60.2 Å². The quantitative estimate of drug-likeness (QED) is 0.550. The van der Waals surface area contributed by atoms with Crippen molar-refractivity contribution in [2.45, 2.75) is 18.1 Å². The van der Waals surface area contributed by atoms with E-state index >= 15 is 0 Å². The van der Waals surface area contributed by atoms with E-state index in [2.05, 4.69) is 10.2 Å². The molecule has 0 aliphatic carbocycles. The molecule has 1 heterocycles. The number of ether oxygens (including phenoxy) is 1. The van der Waals surface area contributed by atoms with Crippen molar-refractivity contribution >= 4 is 23.4 Å². The molecule has 0 unspecified atom stereocenters. The highest BCUT2D eigenvalue weighted by Crippen LogP contribution is 2.18. The summed E-state index contributed by atoms with van der Waals surface area (Å²) in [6, 6.07) is 9.59. The van der Waals surface area contributed by atoms with Crippen molar-refractivity contribution < 1.29 is 9.53 Å². The zero-order valence-electron chi connectivity index (χ0n) is 12.8. The smallest absolute Gasteiger partial charge is 0.237 e. The summed E-state index contributed by atoms with van der Waals surface area (Å²) in [6.45, 7) is 1.48. The lowest BCUT2D eigenvalue weighted by molar-refractivity contribution is -0.115. The van der Waals surface area contributed by atoms with Gasteiger partial charge in [0.2, 0.25) is 5.91 Å². The molecule has 0 aliphatic rings. The summed E-state index contributed by atoms with van der Waals surface area (Å²) in [5.41, 5.74) is 0.884. The van der Waals surface area contributed by atoms with E-state index in [-0.39, 0.29) is 5.91 Å². The number of aryl methyl sites for hydroxylation is 1. The van der Waals surface area contributed by atoms with Gasteiger partial charge < -0.3 is 14.2 Å². The van der Waals surface area contributed by atoms with Crippen LogP contribution in [0.15, 0.2) is 41.8 Å². The fourth-order valence-electron chi connectivity index (χ4n) is 1.91. The molecule has 2 rings (SSSR count). The third-order valence-corrected chi connectivity index (χ3v) is 4.14. The van der Waals surface area contributed by atoms with Gasteiger partial charge in [0.15, 0.2) is 5.16 Å². The third-order valence-electron chi connectivity index (χ3n) is 3.17. The second-order valence-electron chi connectivity index (χ2n) is 4.73. The maximum Gasteiger partial charge on any atom is 0.237 e. The van der Waals surface area contributed by atoms with Gasteiger partial charge in [0.25, 0.3) is 0 Å². The second kappa shape index (κ2) is 8.55. The molecule has 0 spiro atoms. The van der Waals surface area contributed by atoms with Crippen molar-refractivity contribution in [3.63, 3.8) is 0 Å². The van der Waals surface area contributed by atoms with E-state index < -0.39 is 0 Å². The summed E-state index contributed by atoms with van der Waals surface area (Å²) in [7, 11) is 3.46. The third kappa shape index (κ3) is 4.57. The summed E-state index contributed by atoms with van der Waals surface area (Å²) in [4.78, 5) is 13.9. The van der Waals surface area contributed by atoms with Crippen molar-refractivity contribution in [2.24, 2.45) is 0 Å². The summed E-state index contributed by atoms with van der Waals surface area (Å²) in [5, 5.41) is 8.73. The highest BCUT2D eigenvalue weighted by Gasteiger charge is 2.13. The summed E-state index contributed by atoms with van der Waals surface area (Å²) in [6.07, 6.45) is 2.57. The van der Waals surface area contributed by atoms with E-state index in [4.69, 9.17) is 4.74 Å². The van der Waals surface area contributed by atoms with Crippen molar-refractivity contribution in [3.8, 4) is 0 Å². The molecular formula is C15H20N4O2S. The Morgan fingerprint density at radius 2 is 2.14 bits per heavy atom. The van der Waals surface area contributed by atoms with E-state index in [1.807, 2.05) is 34.9 Å². The molecule has 0 aliphatic heterocycles. The maximum absolute atomic E-state index is 12.2. The number of rotatable bonds is 8. The van der Waals surface area contributed by atoms with Crippen LogP contribution in [0.3, 0.4) is 0 Å². The predicted molar refractivity (Wildman–Crippen MR) is 87.1 cm³/mol. The normalized spacial score (nSPS) is 10.6. The number of hydrogen-bond acceptors (Lipinski definition) is 5. The van der Waals surface area contributed by atoms with E-state index in [1.165, 1.54) is 11.8 Å². The average molecular weight is 320 g/mol. The number of carbonyl (C=O) groups is 1. The Labute approximate surface area is 134 Å². The van der Waals surface area contributed by atoms with Gasteiger partial charge >= 0.3 is 0 Å². The van der Waals surface area contributed by atoms with Gasteiger partial charge in [-0.2, -0.15) is 0 Å². The molecule has 1 amide bonds. The molecule has 0 fully saturated rings. The number of nitrogens with zero attached hydrogens (tertiary/aromatic N) is 4. The van der Waals surface area contributed by atoms with Crippen LogP contribution < -0.4 is 4.90 Å². The molecule has 6 nitrogen and oxygen atoms in total. The summed E-state index contributed by atoms with van der Waals surface area (Å²) < 4.78 is 6.98. The van der Waals surface area contributed by atoms with Crippen molar-refractivity contribution in [2.75, 3.05) is 31.4 Å². The van der Waals surface area contributed by atoms with Gasteiger partial charge in [-0.05, 0) is 18.6 Å². The molecule has 22 heavy (non-hydrogen) atoms. The molecule has 0 saturated carbocycles. The Bertz CT molecular complexity index is 588. The largest absolute Gasteiger partial charge is 0.385 e. The molecular weight excluding hydrogens is 300 g/mol. The summed E-state index contributed by atoms with van der Waals surface area (Å²) >= 11 is 1.40. The fraction of sp³-hybridized carbons (Fsp3) is 0.400. The van der Waals surface area contributed by atoms with Gasteiger partial charge in [-0.25, -0.2) is 0 Å². The first-order valence-corrected chi connectivity index (χ1v) is 8.02. The first kappa shape index (κ1) is 16.5. The first-order chi connectivity index (χ1) is 10.7. The van der Waals surface area contributed by atoms with Crippen LogP contribution in [0.2, 0.25) is 0 Å². The molecule has 1 aromatic heterocycles. The van der Waals surface area contributed by atoms with Crippen LogP contribution in [0.25, 0.3) is 0 Å². The van der Waals surface area contributed by atoms with Gasteiger partial charge in [0.1, 0.15) is 6.33 Å². The maximum atomic E-state index is 12.2. The standard InChI is InChI=1S/C15H20N4O2S/c1-18(13-7-4-3-5-8-13)14(20)11-22-15-17-16-12-19(15)9-6-10-21-2/h3-5,7-8,12H,6,9-11H2,1-2H3. The van der Waals surface area contributed by atoms with E-state index in [0.717, 1.165) is 23.8 Å². The number of hydrogen-bond donors (Lipinski definition) is 0. The summed E-state index contributed by atoms with van der Waals surface area (Å²) in [5.74, 6) is 0.358. The SMILES string of the molecule is COCCCn1cnnc1SCC(=O)N(C)c1ccccc1. The monoisotopic (exact) mass is 320 g/mol. The Morgan fingerprint density at radius 3 is 2.86 bits per heavy atom. The van der Waals surface area contributed by atoms with Gasteiger partial charge in [0, 0.05) is 33.0 Å². The Morgan fingerprint density at radius 1 is 1.36 bits per heavy atom. The molecule has 0 saturated heterocycles. The number of methoxy groups -OCH3 is 1. The van der Waals surface area contributed by atoms with Crippen LogP contribution in [-0.4, -0.2) is 47.2 Å². The van der Waals surface area contributed by atoms with Crippen LogP contribution in [0.1, 0.15) is 6.42 Å². The molecule has 0 radical (unpaired) electrons. The fourth-order valence-corrected chi connectivity index (χ4v) is 2.76. The zero-order chi connectivity index (χ0) is 15.8. The highest BCUT2D eigenvalue weighted by molar-refractivity contribution is 7.99. The van der Waals surface area contributed by atoms with Gasteiger partial charge in [-0.15, -0.1) is 10.2 Å². The molecule has 0 N–H and O–H groups in total. The van der Waals surface area contributed by atoms with Crippen LogP contribution in [-0.2, 0) is 16.1 Å². The minimum Gasteiger partial charge on any atom is -0.385 e. The number of aromatic nitrogens is 3. The predicted octanol–water partition coefficient (Wildman–Crippen LogP) is 2.07. The number of para-hydroxylation sites is 1. The number of benzene rings is 1. The lowest BCUT2D eigenvalue weighted by atomic mass is 10.3. The molecule has 7 heteroatoms. The van der Waals surface area contributed by atoms with Gasteiger partial charge in [-0.1, -0.05) is 30.0 Å². The van der Waals surface area contributed by atoms with E-state index in [1.54, 1.807) is 25.4 Å². The second-order valence-corrected chi connectivity index (χ2v) is 5.67. The molecule has 118 valence electrons. The van der Waals surface area contributed by atoms with Gasteiger partial charge in [0.05, 0.1) is 5.75 Å².